The summed E-state index contributed by atoms with van der Waals surface area (Å²) in [5.41, 5.74) is 0.830. The Morgan fingerprint density at radius 3 is 2.68 bits per heavy atom. The highest BCUT2D eigenvalue weighted by molar-refractivity contribution is 7.80. The van der Waals surface area contributed by atoms with Crippen LogP contribution in [0.15, 0.2) is 47.1 Å². The third-order valence-corrected chi connectivity index (χ3v) is 5.15. The first-order valence-corrected chi connectivity index (χ1v) is 9.56. The molecule has 0 spiro atoms. The third-order valence-electron chi connectivity index (χ3n) is 4.46. The van der Waals surface area contributed by atoms with Crippen molar-refractivity contribution >= 4 is 34.6 Å². The van der Waals surface area contributed by atoms with E-state index in [9.17, 15) is 0 Å². The topological polar surface area (TPSA) is 31.6 Å². The lowest BCUT2D eigenvalue weighted by Gasteiger charge is -2.31. The lowest BCUT2D eigenvalue weighted by atomic mass is 10.1. The Bertz CT molecular complexity index is 671. The Morgan fingerprint density at radius 2 is 1.96 bits per heavy atom. The summed E-state index contributed by atoms with van der Waals surface area (Å²) >= 11 is 11.9. The van der Waals surface area contributed by atoms with Crippen molar-refractivity contribution in [2.45, 2.75) is 25.8 Å². The number of para-hydroxylation sites is 1. The minimum atomic E-state index is 0.650. The molecule has 25 heavy (non-hydrogen) atoms. The molecule has 1 aliphatic heterocycles. The molecule has 1 saturated heterocycles. The molecule has 0 amide bonds. The van der Waals surface area contributed by atoms with Crippen molar-refractivity contribution in [3.05, 3.63) is 53.4 Å². The van der Waals surface area contributed by atoms with Crippen LogP contribution in [-0.2, 0) is 6.54 Å². The number of hydrogen-bond donors (Lipinski definition) is 1. The summed E-state index contributed by atoms with van der Waals surface area (Å²) in [5, 5.41) is 4.61. The summed E-state index contributed by atoms with van der Waals surface area (Å²) < 4.78 is 5.51. The number of rotatable bonds is 6. The number of furan rings is 1. The van der Waals surface area contributed by atoms with Gasteiger partial charge in [-0.15, -0.1) is 0 Å². The number of hydrogen-bond acceptors (Lipinski definition) is 3. The minimum Gasteiger partial charge on any atom is -0.467 e. The molecule has 6 heteroatoms. The fourth-order valence-electron chi connectivity index (χ4n) is 3.05. The van der Waals surface area contributed by atoms with Crippen molar-refractivity contribution in [1.82, 2.24) is 9.80 Å². The minimum absolute atomic E-state index is 0.650. The lowest BCUT2D eigenvalue weighted by molar-refractivity contribution is 0.207. The SMILES string of the molecule is S=C(Nc1ccccc1Cl)N(CCN1CCCCC1)Cc1ccco1. The van der Waals surface area contributed by atoms with Gasteiger partial charge in [-0.1, -0.05) is 30.2 Å². The largest absolute Gasteiger partial charge is 0.467 e. The van der Waals surface area contributed by atoms with E-state index < -0.39 is 0 Å². The maximum Gasteiger partial charge on any atom is 0.173 e. The van der Waals surface area contributed by atoms with Gasteiger partial charge in [0.1, 0.15) is 5.76 Å². The van der Waals surface area contributed by atoms with Crippen molar-refractivity contribution in [2.75, 3.05) is 31.5 Å². The number of halogens is 1. The van der Waals surface area contributed by atoms with Gasteiger partial charge in [-0.2, -0.15) is 0 Å². The molecule has 2 aromatic rings. The van der Waals surface area contributed by atoms with Gasteiger partial charge in [0.2, 0.25) is 0 Å². The quantitative estimate of drug-likeness (QED) is 0.742. The monoisotopic (exact) mass is 377 g/mol. The van der Waals surface area contributed by atoms with E-state index in [0.29, 0.717) is 16.7 Å². The second-order valence-electron chi connectivity index (χ2n) is 6.31. The van der Waals surface area contributed by atoms with E-state index in [1.165, 1.54) is 32.4 Å². The Labute approximate surface area is 159 Å². The summed E-state index contributed by atoms with van der Waals surface area (Å²) in [6.07, 6.45) is 5.63. The number of likely N-dealkylation sites (tertiary alicyclic amines) is 1. The molecule has 0 aliphatic carbocycles. The number of thiocarbonyl (C=S) groups is 1. The lowest BCUT2D eigenvalue weighted by Crippen LogP contribution is -2.41. The van der Waals surface area contributed by atoms with E-state index in [4.69, 9.17) is 28.2 Å². The Morgan fingerprint density at radius 1 is 1.16 bits per heavy atom. The van der Waals surface area contributed by atoms with E-state index in [0.717, 1.165) is 24.5 Å². The smallest absolute Gasteiger partial charge is 0.173 e. The molecule has 1 aliphatic rings. The van der Waals surface area contributed by atoms with Gasteiger partial charge in [-0.05, 0) is 62.4 Å². The molecule has 0 saturated carbocycles. The number of nitrogens with one attached hydrogen (secondary N) is 1. The molecule has 3 rings (SSSR count). The van der Waals surface area contributed by atoms with Crippen LogP contribution in [0.3, 0.4) is 0 Å². The number of nitrogens with zero attached hydrogens (tertiary/aromatic N) is 2. The average Bonchev–Trinajstić information content (AvgIpc) is 3.14. The molecule has 0 atom stereocenters. The highest BCUT2D eigenvalue weighted by Gasteiger charge is 2.16. The molecule has 1 aromatic heterocycles. The predicted molar refractivity (Wildman–Crippen MR) is 107 cm³/mol. The Kier molecular flexibility index (Phi) is 6.73. The summed E-state index contributed by atoms with van der Waals surface area (Å²) in [5.74, 6) is 0.905. The van der Waals surface area contributed by atoms with Crippen molar-refractivity contribution in [2.24, 2.45) is 0 Å². The molecule has 2 heterocycles. The van der Waals surface area contributed by atoms with Crippen LogP contribution in [0.4, 0.5) is 5.69 Å². The Balaban J connectivity index is 1.64. The summed E-state index contributed by atoms with van der Waals surface area (Å²) in [6, 6.07) is 11.5. The van der Waals surface area contributed by atoms with E-state index in [2.05, 4.69) is 15.1 Å². The summed E-state index contributed by atoms with van der Waals surface area (Å²) in [6.45, 7) is 4.87. The first kappa shape index (κ1) is 18.2. The van der Waals surface area contributed by atoms with Gasteiger partial charge in [0.15, 0.2) is 5.11 Å². The van der Waals surface area contributed by atoms with Crippen LogP contribution in [0.1, 0.15) is 25.0 Å². The van der Waals surface area contributed by atoms with Crippen molar-refractivity contribution in [3.8, 4) is 0 Å². The summed E-state index contributed by atoms with van der Waals surface area (Å²) in [4.78, 5) is 4.66. The molecule has 0 radical (unpaired) electrons. The van der Waals surface area contributed by atoms with Crippen LogP contribution in [-0.4, -0.2) is 41.1 Å². The predicted octanol–water partition coefficient (Wildman–Crippen LogP) is 4.62. The van der Waals surface area contributed by atoms with Crippen LogP contribution in [0.2, 0.25) is 5.02 Å². The molecule has 1 fully saturated rings. The zero-order valence-electron chi connectivity index (χ0n) is 14.3. The van der Waals surface area contributed by atoms with E-state index >= 15 is 0 Å². The second kappa shape index (κ2) is 9.22. The van der Waals surface area contributed by atoms with Crippen LogP contribution in [0.25, 0.3) is 0 Å². The zero-order chi connectivity index (χ0) is 17.5. The van der Waals surface area contributed by atoms with Crippen LogP contribution >= 0.6 is 23.8 Å². The van der Waals surface area contributed by atoms with Gasteiger partial charge < -0.3 is 19.5 Å². The first-order valence-electron chi connectivity index (χ1n) is 8.77. The van der Waals surface area contributed by atoms with E-state index in [-0.39, 0.29) is 0 Å². The molecule has 4 nitrogen and oxygen atoms in total. The maximum absolute atomic E-state index is 6.25. The number of piperidine rings is 1. The van der Waals surface area contributed by atoms with E-state index in [1.807, 2.05) is 36.4 Å². The van der Waals surface area contributed by atoms with Crippen LogP contribution < -0.4 is 5.32 Å². The van der Waals surface area contributed by atoms with Crippen LogP contribution in [0.5, 0.6) is 0 Å². The molecular weight excluding hydrogens is 354 g/mol. The van der Waals surface area contributed by atoms with Gasteiger partial charge >= 0.3 is 0 Å². The van der Waals surface area contributed by atoms with Gasteiger partial charge in [0.25, 0.3) is 0 Å². The van der Waals surface area contributed by atoms with Crippen molar-refractivity contribution in [3.63, 3.8) is 0 Å². The molecule has 0 unspecified atom stereocenters. The van der Waals surface area contributed by atoms with Gasteiger partial charge in [0, 0.05) is 13.1 Å². The highest BCUT2D eigenvalue weighted by Crippen LogP contribution is 2.21. The maximum atomic E-state index is 6.25. The Hall–Kier alpha value is -1.56. The number of benzene rings is 1. The van der Waals surface area contributed by atoms with Crippen molar-refractivity contribution < 1.29 is 4.42 Å². The van der Waals surface area contributed by atoms with Gasteiger partial charge in [-0.25, -0.2) is 0 Å². The fourth-order valence-corrected chi connectivity index (χ4v) is 3.49. The van der Waals surface area contributed by atoms with Gasteiger partial charge in [-0.3, -0.25) is 0 Å². The molecular formula is C19H24ClN3OS. The normalized spacial score (nSPS) is 15.1. The van der Waals surface area contributed by atoms with Crippen LogP contribution in [0, 0.1) is 0 Å². The average molecular weight is 378 g/mol. The molecule has 1 N–H and O–H groups in total. The van der Waals surface area contributed by atoms with E-state index in [1.54, 1.807) is 6.26 Å². The first-order chi connectivity index (χ1) is 12.2. The number of anilines is 1. The van der Waals surface area contributed by atoms with Crippen molar-refractivity contribution in [1.29, 1.82) is 0 Å². The standard InChI is InChI=1S/C19H24ClN3OS/c20-17-8-2-3-9-18(17)21-19(25)23(15-16-7-6-14-24-16)13-12-22-10-4-1-5-11-22/h2-3,6-9,14H,1,4-5,10-13,15H2,(H,21,25). The third kappa shape index (κ3) is 5.46. The zero-order valence-corrected chi connectivity index (χ0v) is 15.9. The summed E-state index contributed by atoms with van der Waals surface area (Å²) in [7, 11) is 0. The molecule has 1 aromatic carbocycles. The highest BCUT2D eigenvalue weighted by atomic mass is 35.5. The fraction of sp³-hybridized carbons (Fsp3) is 0.421. The second-order valence-corrected chi connectivity index (χ2v) is 7.11. The van der Waals surface area contributed by atoms with Gasteiger partial charge in [0.05, 0.1) is 23.5 Å². The molecule has 0 bridgehead atoms. The molecule has 134 valence electrons.